The minimum atomic E-state index is -0.266. The van der Waals surface area contributed by atoms with E-state index in [-0.39, 0.29) is 5.41 Å². The Labute approximate surface area is 109 Å². The number of nitrogens with zero attached hydrogens (tertiary/aromatic N) is 2. The normalized spacial score (nSPS) is 15.6. The molecule has 0 aliphatic carbocycles. The lowest BCUT2D eigenvalue weighted by molar-refractivity contribution is -0.124. The summed E-state index contributed by atoms with van der Waals surface area (Å²) in [6, 6.07) is 8.29. The molecule has 98 valence electrons. The van der Waals surface area contributed by atoms with Gasteiger partial charge in [-0.25, -0.2) is 0 Å². The van der Waals surface area contributed by atoms with E-state index in [1.165, 1.54) is 11.4 Å². The number of para-hydroxylation sites is 2. The van der Waals surface area contributed by atoms with Crippen LogP contribution in [0.5, 0.6) is 0 Å². The van der Waals surface area contributed by atoms with E-state index in [4.69, 9.17) is 0 Å². The minimum absolute atomic E-state index is 0.266. The summed E-state index contributed by atoms with van der Waals surface area (Å²) in [5, 5.41) is 0. The van der Waals surface area contributed by atoms with E-state index in [0.29, 0.717) is 12.3 Å². The molecule has 18 heavy (non-hydrogen) atoms. The van der Waals surface area contributed by atoms with Gasteiger partial charge in [0.2, 0.25) is 0 Å². The van der Waals surface area contributed by atoms with Crippen LogP contribution >= 0.6 is 0 Å². The van der Waals surface area contributed by atoms with Crippen molar-refractivity contribution in [2.75, 3.05) is 36.5 Å². The predicted octanol–water partition coefficient (Wildman–Crippen LogP) is 2.56. The van der Waals surface area contributed by atoms with Crippen LogP contribution < -0.4 is 9.80 Å². The summed E-state index contributed by atoms with van der Waals surface area (Å²) in [7, 11) is 2.10. The van der Waals surface area contributed by atoms with Crippen molar-refractivity contribution in [2.24, 2.45) is 5.41 Å². The summed E-state index contributed by atoms with van der Waals surface area (Å²) in [6.45, 7) is 8.34. The number of benzene rings is 1. The molecule has 0 aromatic heterocycles. The molecule has 1 aliphatic heterocycles. The number of likely N-dealkylation sites (N-methyl/N-ethyl adjacent to an activating group) is 1. The second-order valence-electron chi connectivity index (χ2n) is 6.01. The quantitative estimate of drug-likeness (QED) is 0.801. The highest BCUT2D eigenvalue weighted by Crippen LogP contribution is 2.32. The molecule has 0 amide bonds. The van der Waals surface area contributed by atoms with Crippen molar-refractivity contribution in [1.29, 1.82) is 0 Å². The van der Waals surface area contributed by atoms with Crippen molar-refractivity contribution >= 4 is 17.2 Å². The first-order chi connectivity index (χ1) is 8.39. The zero-order valence-electron chi connectivity index (χ0n) is 11.7. The summed E-state index contributed by atoms with van der Waals surface area (Å²) < 4.78 is 0. The predicted molar refractivity (Wildman–Crippen MR) is 76.4 cm³/mol. The fourth-order valence-corrected chi connectivity index (χ4v) is 2.14. The molecule has 0 bridgehead atoms. The van der Waals surface area contributed by atoms with Crippen molar-refractivity contribution in [3.05, 3.63) is 24.3 Å². The molecule has 1 aromatic carbocycles. The summed E-state index contributed by atoms with van der Waals surface area (Å²) in [5.74, 6) is 0.293. The minimum Gasteiger partial charge on any atom is -0.371 e. The Morgan fingerprint density at radius 3 is 2.39 bits per heavy atom. The largest absolute Gasteiger partial charge is 0.371 e. The molecule has 1 heterocycles. The van der Waals surface area contributed by atoms with Crippen LogP contribution in [0.2, 0.25) is 0 Å². The molecule has 3 nitrogen and oxygen atoms in total. The summed E-state index contributed by atoms with van der Waals surface area (Å²) in [6.07, 6.45) is 0. The fourth-order valence-electron chi connectivity index (χ4n) is 2.14. The van der Waals surface area contributed by atoms with Crippen molar-refractivity contribution in [2.45, 2.75) is 20.8 Å². The van der Waals surface area contributed by atoms with Crippen LogP contribution in [0.15, 0.2) is 24.3 Å². The van der Waals surface area contributed by atoms with Crippen LogP contribution in [0.1, 0.15) is 20.8 Å². The van der Waals surface area contributed by atoms with Crippen LogP contribution in [0.25, 0.3) is 0 Å². The molecular formula is C15H22N2O. The number of Topliss-reactive ketones (excluding diaryl/α,β-unsaturated/α-hetero) is 1. The second-order valence-corrected chi connectivity index (χ2v) is 6.01. The molecule has 0 N–H and O–H groups in total. The number of carbonyl (C=O) groups excluding carboxylic acids is 1. The number of hydrogen-bond acceptors (Lipinski definition) is 3. The summed E-state index contributed by atoms with van der Waals surface area (Å²) >= 11 is 0. The molecule has 0 atom stereocenters. The zero-order chi connectivity index (χ0) is 13.3. The van der Waals surface area contributed by atoms with Crippen molar-refractivity contribution < 1.29 is 4.79 Å². The van der Waals surface area contributed by atoms with Gasteiger partial charge in [0.05, 0.1) is 17.9 Å². The van der Waals surface area contributed by atoms with Crippen LogP contribution in [-0.4, -0.2) is 32.5 Å². The lowest BCUT2D eigenvalue weighted by Gasteiger charge is -2.37. The van der Waals surface area contributed by atoms with Crippen LogP contribution in [0, 0.1) is 5.41 Å². The third-order valence-electron chi connectivity index (χ3n) is 3.51. The molecule has 0 spiro atoms. The van der Waals surface area contributed by atoms with E-state index in [0.717, 1.165) is 13.1 Å². The number of carbonyl (C=O) groups is 1. The van der Waals surface area contributed by atoms with E-state index in [9.17, 15) is 4.79 Å². The van der Waals surface area contributed by atoms with Gasteiger partial charge in [0.15, 0.2) is 5.78 Å². The Morgan fingerprint density at radius 1 is 1.17 bits per heavy atom. The van der Waals surface area contributed by atoms with Gasteiger partial charge in [-0.1, -0.05) is 32.9 Å². The van der Waals surface area contributed by atoms with Crippen molar-refractivity contribution in [3.8, 4) is 0 Å². The maximum Gasteiger partial charge on any atom is 0.157 e. The number of rotatable bonds is 2. The van der Waals surface area contributed by atoms with E-state index in [2.05, 4.69) is 29.0 Å². The molecule has 0 saturated carbocycles. The molecule has 0 unspecified atom stereocenters. The second kappa shape index (κ2) is 4.63. The molecule has 0 saturated heterocycles. The highest BCUT2D eigenvalue weighted by Gasteiger charge is 2.26. The smallest absolute Gasteiger partial charge is 0.157 e. The Balaban J connectivity index is 2.22. The number of anilines is 2. The highest BCUT2D eigenvalue weighted by atomic mass is 16.1. The molecule has 1 aromatic rings. The van der Waals surface area contributed by atoms with Crippen molar-refractivity contribution in [3.63, 3.8) is 0 Å². The SMILES string of the molecule is CN1CCN(CC(=O)C(C)(C)C)c2ccccc21. The van der Waals surface area contributed by atoms with Gasteiger partial charge in [-0.15, -0.1) is 0 Å². The van der Waals surface area contributed by atoms with Gasteiger partial charge in [-0.3, -0.25) is 4.79 Å². The number of hydrogen-bond donors (Lipinski definition) is 0. The first-order valence-corrected chi connectivity index (χ1v) is 6.48. The standard InChI is InChI=1S/C15H22N2O/c1-15(2,3)14(18)11-17-10-9-16(4)12-7-5-6-8-13(12)17/h5-8H,9-11H2,1-4H3. The monoisotopic (exact) mass is 246 g/mol. The van der Waals surface area contributed by atoms with E-state index >= 15 is 0 Å². The maximum atomic E-state index is 12.2. The van der Waals surface area contributed by atoms with E-state index in [1.54, 1.807) is 0 Å². The molecule has 1 aliphatic rings. The van der Waals surface area contributed by atoms with Gasteiger partial charge >= 0.3 is 0 Å². The number of fused-ring (bicyclic) bond motifs is 1. The van der Waals surface area contributed by atoms with Gasteiger partial charge in [0.25, 0.3) is 0 Å². The summed E-state index contributed by atoms with van der Waals surface area (Å²) in [5.41, 5.74) is 2.12. The molecular weight excluding hydrogens is 224 g/mol. The number of ketones is 1. The Morgan fingerprint density at radius 2 is 1.78 bits per heavy atom. The Bertz CT molecular complexity index is 448. The van der Waals surface area contributed by atoms with E-state index < -0.39 is 0 Å². The molecule has 3 heteroatoms. The zero-order valence-corrected chi connectivity index (χ0v) is 11.7. The molecule has 2 rings (SSSR count). The average molecular weight is 246 g/mol. The highest BCUT2D eigenvalue weighted by molar-refractivity contribution is 5.89. The molecule has 0 radical (unpaired) electrons. The molecule has 0 fully saturated rings. The Hall–Kier alpha value is -1.51. The van der Waals surface area contributed by atoms with Crippen molar-refractivity contribution in [1.82, 2.24) is 0 Å². The van der Waals surface area contributed by atoms with Crippen LogP contribution in [-0.2, 0) is 4.79 Å². The van der Waals surface area contributed by atoms with Gasteiger partial charge in [0, 0.05) is 25.6 Å². The lowest BCUT2D eigenvalue weighted by Crippen LogP contribution is -2.43. The van der Waals surface area contributed by atoms with Crippen LogP contribution in [0.4, 0.5) is 11.4 Å². The fraction of sp³-hybridized carbons (Fsp3) is 0.533. The third kappa shape index (κ3) is 2.50. The lowest BCUT2D eigenvalue weighted by atomic mass is 9.90. The van der Waals surface area contributed by atoms with Gasteiger partial charge in [-0.2, -0.15) is 0 Å². The topological polar surface area (TPSA) is 23.6 Å². The van der Waals surface area contributed by atoms with Crippen LogP contribution in [0.3, 0.4) is 0 Å². The first kappa shape index (κ1) is 12.9. The third-order valence-corrected chi connectivity index (χ3v) is 3.51. The van der Waals surface area contributed by atoms with Gasteiger partial charge in [-0.05, 0) is 12.1 Å². The van der Waals surface area contributed by atoms with Gasteiger partial charge < -0.3 is 9.80 Å². The Kier molecular flexibility index (Phi) is 3.33. The van der Waals surface area contributed by atoms with E-state index in [1.807, 2.05) is 32.9 Å². The average Bonchev–Trinajstić information content (AvgIpc) is 2.32. The summed E-state index contributed by atoms with van der Waals surface area (Å²) in [4.78, 5) is 16.6. The maximum absolute atomic E-state index is 12.2. The first-order valence-electron chi connectivity index (χ1n) is 6.48. The van der Waals surface area contributed by atoms with Gasteiger partial charge in [0.1, 0.15) is 0 Å².